The quantitative estimate of drug-likeness (QED) is 0.726. The summed E-state index contributed by atoms with van der Waals surface area (Å²) in [7, 11) is -1.73. The third-order valence-corrected chi connectivity index (χ3v) is 7.44. The molecule has 142 valence electrons. The Kier molecular flexibility index (Phi) is 6.10. The van der Waals surface area contributed by atoms with Crippen LogP contribution in [0.4, 0.5) is 0 Å². The summed E-state index contributed by atoms with van der Waals surface area (Å²) < 4.78 is 28.9. The van der Waals surface area contributed by atoms with Crippen LogP contribution in [-0.2, 0) is 23.5 Å². The van der Waals surface area contributed by atoms with E-state index in [1.807, 2.05) is 19.4 Å². The Morgan fingerprint density at radius 2 is 2.08 bits per heavy atom. The first-order chi connectivity index (χ1) is 12.5. The molecule has 9 heteroatoms. The van der Waals surface area contributed by atoms with Crippen LogP contribution in [0.25, 0.3) is 0 Å². The number of hydrogen-bond acceptors (Lipinski definition) is 5. The fourth-order valence-electron chi connectivity index (χ4n) is 3.09. The lowest BCUT2D eigenvalue weighted by atomic mass is 10.2. The summed E-state index contributed by atoms with van der Waals surface area (Å²) in [5.41, 5.74) is 1.12. The van der Waals surface area contributed by atoms with Crippen LogP contribution in [0.5, 0.6) is 0 Å². The van der Waals surface area contributed by atoms with Crippen molar-refractivity contribution >= 4 is 27.3 Å². The van der Waals surface area contributed by atoms with E-state index in [9.17, 15) is 13.2 Å². The van der Waals surface area contributed by atoms with Crippen molar-refractivity contribution in [2.24, 2.45) is 7.05 Å². The van der Waals surface area contributed by atoms with Gasteiger partial charge in [-0.1, -0.05) is 6.42 Å². The zero-order valence-electron chi connectivity index (χ0n) is 14.8. The highest BCUT2D eigenvalue weighted by Crippen LogP contribution is 2.27. The number of aromatic nitrogens is 2. The van der Waals surface area contributed by atoms with Crippen molar-refractivity contribution in [2.75, 3.05) is 19.6 Å². The van der Waals surface area contributed by atoms with Crippen molar-refractivity contribution in [3.63, 3.8) is 0 Å². The van der Waals surface area contributed by atoms with E-state index in [1.165, 1.54) is 15.6 Å². The molecular formula is C17H24N4O3S2. The molecular weight excluding hydrogens is 372 g/mol. The Hall–Kier alpha value is -1.71. The molecule has 3 rings (SSSR count). The minimum atomic E-state index is -3.59. The first kappa shape index (κ1) is 19.1. The van der Waals surface area contributed by atoms with Crippen molar-refractivity contribution < 1.29 is 13.2 Å². The summed E-state index contributed by atoms with van der Waals surface area (Å²) in [6.07, 6.45) is 8.15. The van der Waals surface area contributed by atoms with E-state index in [0.717, 1.165) is 37.7 Å². The smallest absolute Gasteiger partial charge is 0.262 e. The SMILES string of the molecule is Cn1cc(CCCNC(=O)c2sccc2S(=O)(=O)N2CCCCC2)cn1. The topological polar surface area (TPSA) is 84.3 Å². The highest BCUT2D eigenvalue weighted by Gasteiger charge is 2.30. The van der Waals surface area contributed by atoms with Crippen LogP contribution in [0.2, 0.25) is 0 Å². The first-order valence-corrected chi connectivity index (χ1v) is 11.1. The number of rotatable bonds is 7. The number of aryl methyl sites for hydroxylation is 2. The van der Waals surface area contributed by atoms with Gasteiger partial charge in [0, 0.05) is 32.9 Å². The molecule has 3 heterocycles. The Labute approximate surface area is 158 Å². The van der Waals surface area contributed by atoms with Crippen molar-refractivity contribution in [2.45, 2.75) is 37.0 Å². The zero-order chi connectivity index (χ0) is 18.6. The van der Waals surface area contributed by atoms with Crippen LogP contribution in [-0.4, -0.2) is 48.0 Å². The van der Waals surface area contributed by atoms with Gasteiger partial charge in [-0.05, 0) is 42.7 Å². The van der Waals surface area contributed by atoms with E-state index in [4.69, 9.17) is 0 Å². The average molecular weight is 397 g/mol. The third kappa shape index (κ3) is 4.33. The van der Waals surface area contributed by atoms with Crippen LogP contribution >= 0.6 is 11.3 Å². The average Bonchev–Trinajstić information content (AvgIpc) is 3.29. The molecule has 2 aromatic rings. The van der Waals surface area contributed by atoms with E-state index in [0.29, 0.717) is 19.6 Å². The van der Waals surface area contributed by atoms with Crippen LogP contribution in [0.1, 0.15) is 40.9 Å². The predicted octanol–water partition coefficient (Wildman–Crippen LogP) is 2.02. The van der Waals surface area contributed by atoms with Crippen molar-refractivity contribution in [1.29, 1.82) is 0 Å². The summed E-state index contributed by atoms with van der Waals surface area (Å²) in [6.45, 7) is 1.56. The third-order valence-electron chi connectivity index (χ3n) is 4.45. The second-order valence-corrected chi connectivity index (χ2v) is 9.28. The fourth-order valence-corrected chi connectivity index (χ4v) is 5.92. The molecule has 2 aromatic heterocycles. The molecule has 26 heavy (non-hydrogen) atoms. The Bertz CT molecular complexity index is 851. The molecule has 1 N–H and O–H groups in total. The van der Waals surface area contributed by atoms with Gasteiger partial charge in [0.15, 0.2) is 0 Å². The highest BCUT2D eigenvalue weighted by molar-refractivity contribution is 7.89. The summed E-state index contributed by atoms with van der Waals surface area (Å²) in [5.74, 6) is -0.318. The van der Waals surface area contributed by atoms with Crippen molar-refractivity contribution in [1.82, 2.24) is 19.4 Å². The van der Waals surface area contributed by atoms with Gasteiger partial charge in [0.05, 0.1) is 6.20 Å². The second-order valence-electron chi connectivity index (χ2n) is 6.46. The number of sulfonamides is 1. The van der Waals surface area contributed by atoms with Gasteiger partial charge in [0.2, 0.25) is 10.0 Å². The maximum absolute atomic E-state index is 12.8. The Morgan fingerprint density at radius 1 is 1.31 bits per heavy atom. The normalized spacial score (nSPS) is 15.9. The lowest BCUT2D eigenvalue weighted by molar-refractivity contribution is 0.0954. The van der Waals surface area contributed by atoms with E-state index >= 15 is 0 Å². The van der Waals surface area contributed by atoms with Gasteiger partial charge in [0.25, 0.3) is 5.91 Å². The molecule has 1 fully saturated rings. The van der Waals surface area contributed by atoms with Gasteiger partial charge in [-0.15, -0.1) is 11.3 Å². The molecule has 7 nitrogen and oxygen atoms in total. The van der Waals surface area contributed by atoms with Crippen LogP contribution in [0.15, 0.2) is 28.7 Å². The maximum Gasteiger partial charge on any atom is 0.262 e. The molecule has 1 aliphatic rings. The van der Waals surface area contributed by atoms with Crippen molar-refractivity contribution in [3.8, 4) is 0 Å². The van der Waals surface area contributed by atoms with E-state index < -0.39 is 10.0 Å². The molecule has 0 spiro atoms. The van der Waals surface area contributed by atoms with Crippen LogP contribution in [0, 0.1) is 0 Å². The van der Waals surface area contributed by atoms with Gasteiger partial charge in [-0.3, -0.25) is 9.48 Å². The van der Waals surface area contributed by atoms with Crippen LogP contribution in [0.3, 0.4) is 0 Å². The lowest BCUT2D eigenvalue weighted by Gasteiger charge is -2.25. The number of amides is 1. The summed E-state index contributed by atoms with van der Waals surface area (Å²) in [6, 6.07) is 1.54. The second kappa shape index (κ2) is 8.32. The van der Waals surface area contributed by atoms with E-state index in [2.05, 4.69) is 10.4 Å². The van der Waals surface area contributed by atoms with Gasteiger partial charge in [0.1, 0.15) is 9.77 Å². The molecule has 1 saturated heterocycles. The molecule has 1 amide bonds. The van der Waals surface area contributed by atoms with Crippen molar-refractivity contribution in [3.05, 3.63) is 34.3 Å². The number of thiophene rings is 1. The molecule has 0 bridgehead atoms. The fraction of sp³-hybridized carbons (Fsp3) is 0.529. The number of nitrogens with one attached hydrogen (secondary N) is 1. The van der Waals surface area contributed by atoms with Gasteiger partial charge >= 0.3 is 0 Å². The number of carbonyl (C=O) groups is 1. The molecule has 0 saturated carbocycles. The molecule has 0 aromatic carbocycles. The van der Waals surface area contributed by atoms with E-state index in [1.54, 1.807) is 16.1 Å². The number of carbonyl (C=O) groups excluding carboxylic acids is 1. The van der Waals surface area contributed by atoms with Gasteiger partial charge in [-0.2, -0.15) is 9.40 Å². The van der Waals surface area contributed by atoms with Gasteiger partial charge < -0.3 is 5.32 Å². The summed E-state index contributed by atoms with van der Waals surface area (Å²) in [5, 5.41) is 8.62. The number of nitrogens with zero attached hydrogens (tertiary/aromatic N) is 3. The Balaban J connectivity index is 1.59. The number of piperidine rings is 1. The molecule has 0 radical (unpaired) electrons. The highest BCUT2D eigenvalue weighted by atomic mass is 32.2. The summed E-state index contributed by atoms with van der Waals surface area (Å²) >= 11 is 1.18. The standard InChI is InChI=1S/C17H24N4O3S2/c1-20-13-14(12-19-20)6-5-8-18-17(22)16-15(7-11-25-16)26(23,24)21-9-3-2-4-10-21/h7,11-13H,2-6,8-10H2,1H3,(H,18,22). The maximum atomic E-state index is 12.8. The zero-order valence-corrected chi connectivity index (χ0v) is 16.5. The molecule has 0 aliphatic carbocycles. The molecule has 0 unspecified atom stereocenters. The summed E-state index contributed by atoms with van der Waals surface area (Å²) in [4.78, 5) is 12.9. The van der Waals surface area contributed by atoms with E-state index in [-0.39, 0.29) is 15.7 Å². The van der Waals surface area contributed by atoms with Crippen LogP contribution < -0.4 is 5.32 Å². The minimum absolute atomic E-state index is 0.133. The molecule has 1 aliphatic heterocycles. The number of hydrogen-bond donors (Lipinski definition) is 1. The monoisotopic (exact) mass is 396 g/mol. The lowest BCUT2D eigenvalue weighted by Crippen LogP contribution is -2.36. The molecule has 0 atom stereocenters. The van der Waals surface area contributed by atoms with Gasteiger partial charge in [-0.25, -0.2) is 8.42 Å². The Morgan fingerprint density at radius 3 is 2.77 bits per heavy atom. The first-order valence-electron chi connectivity index (χ1n) is 8.82. The largest absolute Gasteiger partial charge is 0.351 e. The minimum Gasteiger partial charge on any atom is -0.351 e. The predicted molar refractivity (Wildman–Crippen MR) is 101 cm³/mol.